The molecule has 0 aromatic rings. The molecule has 21 heavy (non-hydrogen) atoms. The Morgan fingerprint density at radius 3 is 2.67 bits per heavy atom. The molecule has 0 aromatic heterocycles. The number of hydrogen-bond acceptors (Lipinski definition) is 4. The van der Waals surface area contributed by atoms with E-state index in [-0.39, 0.29) is 12.0 Å². The van der Waals surface area contributed by atoms with Crippen LogP contribution >= 0.6 is 0 Å². The molecule has 1 amide bonds. The largest absolute Gasteiger partial charge is 0.379 e. The first-order valence-electron chi connectivity index (χ1n) is 8.60. The van der Waals surface area contributed by atoms with Gasteiger partial charge in [-0.05, 0) is 32.1 Å². The van der Waals surface area contributed by atoms with E-state index >= 15 is 0 Å². The highest BCUT2D eigenvalue weighted by Gasteiger charge is 2.35. The molecule has 5 heteroatoms. The van der Waals surface area contributed by atoms with Crippen LogP contribution in [0.2, 0.25) is 0 Å². The molecule has 5 nitrogen and oxygen atoms in total. The Kier molecular flexibility index (Phi) is 5.14. The van der Waals surface area contributed by atoms with Gasteiger partial charge in [0.1, 0.15) is 0 Å². The van der Waals surface area contributed by atoms with Crippen molar-refractivity contribution in [3.63, 3.8) is 0 Å². The molecule has 3 fully saturated rings. The van der Waals surface area contributed by atoms with Crippen molar-refractivity contribution in [3.05, 3.63) is 0 Å². The second-order valence-electron chi connectivity index (χ2n) is 6.86. The Morgan fingerprint density at radius 1 is 1.10 bits per heavy atom. The van der Waals surface area contributed by atoms with Crippen molar-refractivity contribution >= 4 is 5.91 Å². The van der Waals surface area contributed by atoms with Crippen molar-refractivity contribution in [1.82, 2.24) is 9.80 Å². The van der Waals surface area contributed by atoms with E-state index in [0.29, 0.717) is 11.9 Å². The molecule has 2 N–H and O–H groups in total. The first-order valence-corrected chi connectivity index (χ1v) is 8.60. The lowest BCUT2D eigenvalue weighted by Crippen LogP contribution is -2.49. The molecule has 0 bridgehead atoms. The van der Waals surface area contributed by atoms with Crippen LogP contribution in [-0.2, 0) is 9.53 Å². The fraction of sp³-hybridized carbons (Fsp3) is 0.938. The zero-order valence-corrected chi connectivity index (χ0v) is 13.0. The predicted molar refractivity (Wildman–Crippen MR) is 81.9 cm³/mol. The van der Waals surface area contributed by atoms with Crippen LogP contribution in [-0.4, -0.2) is 67.2 Å². The molecule has 0 aromatic carbocycles. The van der Waals surface area contributed by atoms with E-state index in [2.05, 4.69) is 9.80 Å². The van der Waals surface area contributed by atoms with Crippen molar-refractivity contribution in [2.45, 2.75) is 50.6 Å². The summed E-state index contributed by atoms with van der Waals surface area (Å²) in [7, 11) is 0. The Labute approximate surface area is 127 Å². The summed E-state index contributed by atoms with van der Waals surface area (Å²) in [4.78, 5) is 17.4. The van der Waals surface area contributed by atoms with Gasteiger partial charge in [0.25, 0.3) is 0 Å². The van der Waals surface area contributed by atoms with Crippen LogP contribution in [0.25, 0.3) is 0 Å². The van der Waals surface area contributed by atoms with E-state index in [1.807, 2.05) is 0 Å². The van der Waals surface area contributed by atoms with E-state index in [0.717, 1.165) is 77.9 Å². The molecule has 3 aliphatic rings. The number of morpholine rings is 1. The van der Waals surface area contributed by atoms with Gasteiger partial charge < -0.3 is 15.4 Å². The van der Waals surface area contributed by atoms with Crippen molar-refractivity contribution in [2.75, 3.05) is 39.4 Å². The number of nitrogens with zero attached hydrogens (tertiary/aromatic N) is 2. The lowest BCUT2D eigenvalue weighted by atomic mass is 9.85. The number of ether oxygens (including phenoxy) is 1. The molecular formula is C16H29N3O2. The zero-order valence-electron chi connectivity index (χ0n) is 13.0. The molecule has 0 radical (unpaired) electrons. The molecule has 2 heterocycles. The van der Waals surface area contributed by atoms with Crippen LogP contribution in [0, 0.1) is 5.92 Å². The monoisotopic (exact) mass is 295 g/mol. The highest BCUT2D eigenvalue weighted by molar-refractivity contribution is 5.79. The van der Waals surface area contributed by atoms with Crippen molar-refractivity contribution in [2.24, 2.45) is 11.7 Å². The van der Waals surface area contributed by atoms with Gasteiger partial charge in [-0.3, -0.25) is 9.69 Å². The van der Waals surface area contributed by atoms with Gasteiger partial charge in [0, 0.05) is 44.2 Å². The fourth-order valence-electron chi connectivity index (χ4n) is 4.08. The average Bonchev–Trinajstić information content (AvgIpc) is 2.95. The maximum atomic E-state index is 12.8. The van der Waals surface area contributed by atoms with Gasteiger partial charge in [0.15, 0.2) is 0 Å². The smallest absolute Gasteiger partial charge is 0.226 e. The number of amides is 1. The van der Waals surface area contributed by atoms with E-state index in [9.17, 15) is 4.79 Å². The maximum absolute atomic E-state index is 12.8. The Bertz CT molecular complexity index is 357. The normalized spacial score (nSPS) is 35.1. The van der Waals surface area contributed by atoms with Crippen LogP contribution in [0.5, 0.6) is 0 Å². The van der Waals surface area contributed by atoms with E-state index in [1.165, 1.54) is 0 Å². The van der Waals surface area contributed by atoms with E-state index < -0.39 is 0 Å². The summed E-state index contributed by atoms with van der Waals surface area (Å²) in [5, 5.41) is 0. The topological polar surface area (TPSA) is 58.8 Å². The van der Waals surface area contributed by atoms with Crippen LogP contribution in [0.15, 0.2) is 0 Å². The summed E-state index contributed by atoms with van der Waals surface area (Å²) >= 11 is 0. The summed E-state index contributed by atoms with van der Waals surface area (Å²) in [5.41, 5.74) is 6.05. The minimum Gasteiger partial charge on any atom is -0.379 e. The van der Waals surface area contributed by atoms with Crippen LogP contribution in [0.1, 0.15) is 38.5 Å². The quantitative estimate of drug-likeness (QED) is 0.838. The summed E-state index contributed by atoms with van der Waals surface area (Å²) in [6.45, 7) is 5.64. The zero-order chi connectivity index (χ0) is 14.7. The fourth-order valence-corrected chi connectivity index (χ4v) is 4.08. The molecule has 120 valence electrons. The SMILES string of the molecule is N[C@@H]1CCC[C@H](C(=O)N2CCC[C@@H]2CN2CCOCC2)C1. The molecule has 0 unspecified atom stereocenters. The van der Waals surface area contributed by atoms with Crippen LogP contribution < -0.4 is 5.73 Å². The van der Waals surface area contributed by atoms with Crippen LogP contribution in [0.4, 0.5) is 0 Å². The van der Waals surface area contributed by atoms with Crippen molar-refractivity contribution in [1.29, 1.82) is 0 Å². The van der Waals surface area contributed by atoms with Crippen LogP contribution in [0.3, 0.4) is 0 Å². The van der Waals surface area contributed by atoms with Gasteiger partial charge in [-0.15, -0.1) is 0 Å². The minimum atomic E-state index is 0.180. The number of carbonyl (C=O) groups is 1. The number of hydrogen-bond donors (Lipinski definition) is 1. The molecule has 2 aliphatic heterocycles. The summed E-state index contributed by atoms with van der Waals surface area (Å²) in [5.74, 6) is 0.556. The third kappa shape index (κ3) is 3.76. The minimum absolute atomic E-state index is 0.180. The number of rotatable bonds is 3. The second kappa shape index (κ2) is 7.07. The Morgan fingerprint density at radius 2 is 1.90 bits per heavy atom. The van der Waals surface area contributed by atoms with Gasteiger partial charge in [0.05, 0.1) is 13.2 Å². The van der Waals surface area contributed by atoms with E-state index in [1.54, 1.807) is 0 Å². The van der Waals surface area contributed by atoms with Gasteiger partial charge in [0.2, 0.25) is 5.91 Å². The molecule has 2 saturated heterocycles. The standard InChI is InChI=1S/C16H29N3O2/c17-14-4-1-3-13(11-14)16(20)19-6-2-5-15(19)12-18-7-9-21-10-8-18/h13-15H,1-12,17H2/t13-,14+,15+/m0/s1. The molecule has 3 rings (SSSR count). The third-order valence-electron chi connectivity index (χ3n) is 5.30. The predicted octanol–water partition coefficient (Wildman–Crippen LogP) is 0.827. The average molecular weight is 295 g/mol. The summed E-state index contributed by atoms with van der Waals surface area (Å²) < 4.78 is 5.41. The molecule has 1 saturated carbocycles. The number of carbonyl (C=O) groups excluding carboxylic acids is 1. The first kappa shape index (κ1) is 15.3. The van der Waals surface area contributed by atoms with Crippen molar-refractivity contribution in [3.8, 4) is 0 Å². The number of nitrogens with two attached hydrogens (primary N) is 1. The first-order chi connectivity index (χ1) is 10.2. The lowest BCUT2D eigenvalue weighted by molar-refractivity contribution is -0.138. The molecule has 1 aliphatic carbocycles. The van der Waals surface area contributed by atoms with Gasteiger partial charge in [-0.1, -0.05) is 6.42 Å². The highest BCUT2D eigenvalue weighted by Crippen LogP contribution is 2.28. The lowest BCUT2D eigenvalue weighted by Gasteiger charge is -2.35. The summed E-state index contributed by atoms with van der Waals surface area (Å²) in [6.07, 6.45) is 6.43. The third-order valence-corrected chi connectivity index (χ3v) is 5.30. The molecule has 0 spiro atoms. The van der Waals surface area contributed by atoms with Gasteiger partial charge in [-0.25, -0.2) is 0 Å². The maximum Gasteiger partial charge on any atom is 0.226 e. The van der Waals surface area contributed by atoms with Gasteiger partial charge >= 0.3 is 0 Å². The number of likely N-dealkylation sites (tertiary alicyclic amines) is 1. The van der Waals surface area contributed by atoms with Crippen molar-refractivity contribution < 1.29 is 9.53 Å². The molecular weight excluding hydrogens is 266 g/mol. The van der Waals surface area contributed by atoms with Gasteiger partial charge in [-0.2, -0.15) is 0 Å². The highest BCUT2D eigenvalue weighted by atomic mass is 16.5. The Balaban J connectivity index is 1.56. The molecule has 3 atom stereocenters. The second-order valence-corrected chi connectivity index (χ2v) is 6.86. The Hall–Kier alpha value is -0.650. The summed E-state index contributed by atoms with van der Waals surface area (Å²) in [6, 6.07) is 0.641. The van der Waals surface area contributed by atoms with E-state index in [4.69, 9.17) is 10.5 Å².